The maximum absolute atomic E-state index is 12.0. The van der Waals surface area contributed by atoms with Crippen molar-refractivity contribution >= 4 is 5.91 Å². The van der Waals surface area contributed by atoms with Crippen molar-refractivity contribution in [3.8, 4) is 5.75 Å². The minimum Gasteiger partial charge on any atom is -0.479 e. The largest absolute Gasteiger partial charge is 0.479 e. The summed E-state index contributed by atoms with van der Waals surface area (Å²) in [6, 6.07) is 3.93. The van der Waals surface area contributed by atoms with E-state index in [1.54, 1.807) is 13.1 Å². The zero-order chi connectivity index (χ0) is 15.0. The third-order valence-electron chi connectivity index (χ3n) is 3.17. The third-order valence-corrected chi connectivity index (χ3v) is 3.17. The Balaban J connectivity index is 2.52. The summed E-state index contributed by atoms with van der Waals surface area (Å²) in [4.78, 5) is 16.2. The summed E-state index contributed by atoms with van der Waals surface area (Å²) in [7, 11) is 1.87. The van der Waals surface area contributed by atoms with Crippen molar-refractivity contribution in [3.05, 3.63) is 24.0 Å². The summed E-state index contributed by atoms with van der Waals surface area (Å²) in [5, 5.41) is 6.00. The highest BCUT2D eigenvalue weighted by Crippen LogP contribution is 2.11. The molecule has 112 valence electrons. The standard InChI is InChI=1S/C15H25N3O2/c1-5-12(6-2)18-15(19)11(3)20-14-8-7-13(9-16-4)17-10-14/h7-8,10-12,16H,5-6,9H2,1-4H3,(H,18,19). The number of carbonyl (C=O) groups is 1. The van der Waals surface area contributed by atoms with E-state index in [0.717, 1.165) is 18.5 Å². The number of hydrogen-bond donors (Lipinski definition) is 2. The summed E-state index contributed by atoms with van der Waals surface area (Å²) in [5.74, 6) is 0.523. The maximum Gasteiger partial charge on any atom is 0.260 e. The van der Waals surface area contributed by atoms with Crippen LogP contribution in [0.4, 0.5) is 0 Å². The molecule has 1 atom stereocenters. The molecule has 0 fully saturated rings. The van der Waals surface area contributed by atoms with Crippen molar-refractivity contribution in [3.63, 3.8) is 0 Å². The van der Waals surface area contributed by atoms with E-state index >= 15 is 0 Å². The number of amides is 1. The highest BCUT2D eigenvalue weighted by atomic mass is 16.5. The van der Waals surface area contributed by atoms with Gasteiger partial charge in [-0.3, -0.25) is 9.78 Å². The number of ether oxygens (including phenoxy) is 1. The number of rotatable bonds is 8. The minimum absolute atomic E-state index is 0.0852. The third kappa shape index (κ3) is 5.17. The fraction of sp³-hybridized carbons (Fsp3) is 0.600. The molecule has 0 spiro atoms. The monoisotopic (exact) mass is 279 g/mol. The van der Waals surface area contributed by atoms with E-state index < -0.39 is 6.10 Å². The summed E-state index contributed by atoms with van der Waals surface area (Å²) in [6.07, 6.45) is 2.98. The zero-order valence-electron chi connectivity index (χ0n) is 12.8. The van der Waals surface area contributed by atoms with Gasteiger partial charge in [0.2, 0.25) is 0 Å². The van der Waals surface area contributed by atoms with Crippen LogP contribution in [-0.4, -0.2) is 30.1 Å². The highest BCUT2D eigenvalue weighted by Gasteiger charge is 2.17. The van der Waals surface area contributed by atoms with Gasteiger partial charge in [-0.25, -0.2) is 0 Å². The van der Waals surface area contributed by atoms with Crippen molar-refractivity contribution in [2.45, 2.75) is 52.3 Å². The Morgan fingerprint density at radius 3 is 2.55 bits per heavy atom. The van der Waals surface area contributed by atoms with Crippen molar-refractivity contribution in [2.24, 2.45) is 0 Å². The van der Waals surface area contributed by atoms with Crippen molar-refractivity contribution < 1.29 is 9.53 Å². The lowest BCUT2D eigenvalue weighted by atomic mass is 10.1. The van der Waals surface area contributed by atoms with Crippen LogP contribution in [0.3, 0.4) is 0 Å². The van der Waals surface area contributed by atoms with E-state index in [4.69, 9.17) is 4.74 Å². The Kier molecular flexibility index (Phi) is 7.01. The molecular weight excluding hydrogens is 254 g/mol. The molecule has 5 heteroatoms. The molecule has 1 aromatic rings. The second-order valence-corrected chi connectivity index (χ2v) is 4.80. The predicted molar refractivity (Wildman–Crippen MR) is 79.6 cm³/mol. The van der Waals surface area contributed by atoms with Crippen LogP contribution in [0.2, 0.25) is 0 Å². The van der Waals surface area contributed by atoms with Crippen LogP contribution in [0.25, 0.3) is 0 Å². The van der Waals surface area contributed by atoms with Gasteiger partial charge in [0.25, 0.3) is 5.91 Å². The molecule has 1 heterocycles. The highest BCUT2D eigenvalue weighted by molar-refractivity contribution is 5.80. The molecule has 0 aliphatic rings. The van der Waals surface area contributed by atoms with E-state index in [-0.39, 0.29) is 11.9 Å². The average Bonchev–Trinajstić information content (AvgIpc) is 2.46. The normalized spacial score (nSPS) is 12.2. The van der Waals surface area contributed by atoms with Crippen molar-refractivity contribution in [1.82, 2.24) is 15.6 Å². The SMILES string of the molecule is CCC(CC)NC(=O)C(C)Oc1ccc(CNC)nc1. The van der Waals surface area contributed by atoms with Crippen LogP contribution >= 0.6 is 0 Å². The first-order chi connectivity index (χ1) is 9.60. The van der Waals surface area contributed by atoms with Gasteiger partial charge in [-0.05, 0) is 38.9 Å². The van der Waals surface area contributed by atoms with Crippen LogP contribution < -0.4 is 15.4 Å². The molecule has 0 aliphatic carbocycles. The van der Waals surface area contributed by atoms with Gasteiger partial charge in [0, 0.05) is 12.6 Å². The molecule has 1 rings (SSSR count). The van der Waals surface area contributed by atoms with Gasteiger partial charge in [0.1, 0.15) is 5.75 Å². The fourth-order valence-electron chi connectivity index (χ4n) is 1.84. The number of pyridine rings is 1. The quantitative estimate of drug-likeness (QED) is 0.762. The molecule has 2 N–H and O–H groups in total. The summed E-state index contributed by atoms with van der Waals surface area (Å²) >= 11 is 0. The molecule has 5 nitrogen and oxygen atoms in total. The van der Waals surface area contributed by atoms with E-state index in [1.807, 2.05) is 19.2 Å². The van der Waals surface area contributed by atoms with Gasteiger partial charge < -0.3 is 15.4 Å². The lowest BCUT2D eigenvalue weighted by molar-refractivity contribution is -0.128. The molecular formula is C15H25N3O2. The minimum atomic E-state index is -0.521. The first kappa shape index (κ1) is 16.4. The fourth-order valence-corrected chi connectivity index (χ4v) is 1.84. The first-order valence-corrected chi connectivity index (χ1v) is 7.17. The Morgan fingerprint density at radius 1 is 1.35 bits per heavy atom. The van der Waals surface area contributed by atoms with E-state index in [0.29, 0.717) is 12.3 Å². The summed E-state index contributed by atoms with van der Waals surface area (Å²) < 4.78 is 5.60. The number of aromatic nitrogens is 1. The summed E-state index contributed by atoms with van der Waals surface area (Å²) in [5.41, 5.74) is 0.939. The Bertz CT molecular complexity index is 402. The molecule has 0 saturated heterocycles. The number of carbonyl (C=O) groups excluding carboxylic acids is 1. The molecule has 0 bridgehead atoms. The van der Waals surface area contributed by atoms with Crippen molar-refractivity contribution in [2.75, 3.05) is 7.05 Å². The van der Waals surface area contributed by atoms with Gasteiger partial charge in [0.15, 0.2) is 6.10 Å². The van der Waals surface area contributed by atoms with Crippen molar-refractivity contribution in [1.29, 1.82) is 0 Å². The molecule has 1 unspecified atom stereocenters. The second kappa shape index (κ2) is 8.53. The van der Waals surface area contributed by atoms with E-state index in [1.165, 1.54) is 0 Å². The van der Waals surface area contributed by atoms with Crippen LogP contribution in [0.5, 0.6) is 5.75 Å². The van der Waals surface area contributed by atoms with Gasteiger partial charge in [-0.2, -0.15) is 0 Å². The topological polar surface area (TPSA) is 63.2 Å². The van der Waals surface area contributed by atoms with Gasteiger partial charge in [0.05, 0.1) is 11.9 Å². The molecule has 0 aromatic carbocycles. The Morgan fingerprint density at radius 2 is 2.05 bits per heavy atom. The number of hydrogen-bond acceptors (Lipinski definition) is 4. The van der Waals surface area contributed by atoms with E-state index in [9.17, 15) is 4.79 Å². The molecule has 20 heavy (non-hydrogen) atoms. The maximum atomic E-state index is 12.0. The molecule has 0 radical (unpaired) electrons. The smallest absolute Gasteiger partial charge is 0.260 e. The Hall–Kier alpha value is -1.62. The van der Waals surface area contributed by atoms with Crippen LogP contribution in [0.15, 0.2) is 18.3 Å². The lowest BCUT2D eigenvalue weighted by Gasteiger charge is -2.19. The van der Waals surface area contributed by atoms with Crippen LogP contribution in [-0.2, 0) is 11.3 Å². The second-order valence-electron chi connectivity index (χ2n) is 4.80. The number of nitrogens with one attached hydrogen (secondary N) is 2. The first-order valence-electron chi connectivity index (χ1n) is 7.17. The molecule has 0 saturated carbocycles. The number of nitrogens with zero attached hydrogens (tertiary/aromatic N) is 1. The van der Waals surface area contributed by atoms with Crippen LogP contribution in [0.1, 0.15) is 39.3 Å². The summed E-state index contributed by atoms with van der Waals surface area (Å²) in [6.45, 7) is 6.58. The molecule has 1 amide bonds. The Labute approximate surface area is 121 Å². The van der Waals surface area contributed by atoms with Gasteiger partial charge in [-0.15, -0.1) is 0 Å². The average molecular weight is 279 g/mol. The molecule has 0 aliphatic heterocycles. The lowest BCUT2D eigenvalue weighted by Crippen LogP contribution is -2.42. The van der Waals surface area contributed by atoms with Gasteiger partial charge >= 0.3 is 0 Å². The molecule has 1 aromatic heterocycles. The zero-order valence-corrected chi connectivity index (χ0v) is 12.8. The van der Waals surface area contributed by atoms with Crippen LogP contribution in [0, 0.1) is 0 Å². The van der Waals surface area contributed by atoms with E-state index in [2.05, 4.69) is 29.5 Å². The predicted octanol–water partition coefficient (Wildman–Crippen LogP) is 1.87. The van der Waals surface area contributed by atoms with Gasteiger partial charge in [-0.1, -0.05) is 13.8 Å².